The average Bonchev–Trinajstić information content (AvgIpc) is 2.95. The van der Waals surface area contributed by atoms with Crippen molar-refractivity contribution in [2.75, 3.05) is 6.54 Å². The molecule has 6 heteroatoms. The summed E-state index contributed by atoms with van der Waals surface area (Å²) in [6, 6.07) is -0.427. The zero-order valence-corrected chi connectivity index (χ0v) is 12.9. The van der Waals surface area contributed by atoms with Crippen LogP contribution >= 0.6 is 0 Å². The molecule has 1 aromatic rings. The van der Waals surface area contributed by atoms with Crippen LogP contribution in [0.25, 0.3) is 0 Å². The van der Waals surface area contributed by atoms with Gasteiger partial charge in [0.15, 0.2) is 0 Å². The third-order valence-electron chi connectivity index (χ3n) is 4.77. The van der Waals surface area contributed by atoms with Crippen molar-refractivity contribution in [1.82, 2.24) is 20.8 Å². The molecule has 3 rings (SSSR count). The van der Waals surface area contributed by atoms with Gasteiger partial charge >= 0.3 is 0 Å². The molecule has 1 aliphatic carbocycles. The van der Waals surface area contributed by atoms with Gasteiger partial charge in [-0.25, -0.2) is 0 Å². The molecule has 0 radical (unpaired) electrons. The molecule has 2 fully saturated rings. The van der Waals surface area contributed by atoms with Crippen molar-refractivity contribution in [3.8, 4) is 0 Å². The minimum absolute atomic E-state index is 0.0754. The fraction of sp³-hybridized carbons (Fsp3) is 0.688. The summed E-state index contributed by atoms with van der Waals surface area (Å²) >= 11 is 0. The lowest BCUT2D eigenvalue weighted by Crippen LogP contribution is -2.45. The van der Waals surface area contributed by atoms with Gasteiger partial charge in [0.25, 0.3) is 5.91 Å². The van der Waals surface area contributed by atoms with E-state index in [4.69, 9.17) is 0 Å². The highest BCUT2D eigenvalue weighted by Crippen LogP contribution is 2.33. The maximum atomic E-state index is 12.5. The van der Waals surface area contributed by atoms with Crippen molar-refractivity contribution < 1.29 is 9.59 Å². The standard InChI is InChI=1S/C16H24N4O2/c21-15(19-13-8-4-5-9-17-16(13)22)12-10-18-20-14(12)11-6-2-1-3-7-11/h10-11,13H,1-9H2,(H,17,22)(H,18,20)(H,19,21)/t13-/m0/s1. The fourth-order valence-corrected chi connectivity index (χ4v) is 3.49. The second kappa shape index (κ2) is 6.94. The molecule has 1 saturated heterocycles. The minimum Gasteiger partial charge on any atom is -0.354 e. The van der Waals surface area contributed by atoms with Gasteiger partial charge in [0, 0.05) is 12.5 Å². The number of amides is 2. The largest absolute Gasteiger partial charge is 0.354 e. The van der Waals surface area contributed by atoms with Crippen LogP contribution in [-0.2, 0) is 4.79 Å². The van der Waals surface area contributed by atoms with E-state index in [-0.39, 0.29) is 11.8 Å². The molecule has 0 aromatic carbocycles. The Kier molecular flexibility index (Phi) is 4.75. The van der Waals surface area contributed by atoms with Crippen molar-refractivity contribution in [2.45, 2.75) is 63.3 Å². The summed E-state index contributed by atoms with van der Waals surface area (Å²) in [7, 11) is 0. The van der Waals surface area contributed by atoms with E-state index in [1.54, 1.807) is 6.20 Å². The number of hydrogen-bond donors (Lipinski definition) is 3. The van der Waals surface area contributed by atoms with Crippen molar-refractivity contribution in [1.29, 1.82) is 0 Å². The van der Waals surface area contributed by atoms with Crippen LogP contribution < -0.4 is 10.6 Å². The van der Waals surface area contributed by atoms with Gasteiger partial charge in [0.2, 0.25) is 5.91 Å². The van der Waals surface area contributed by atoms with Gasteiger partial charge in [0.05, 0.1) is 17.5 Å². The summed E-state index contributed by atoms with van der Waals surface area (Å²) in [4.78, 5) is 24.5. The normalized spacial score (nSPS) is 23.6. The third kappa shape index (κ3) is 3.31. The molecule has 1 saturated carbocycles. The molecule has 1 atom stereocenters. The van der Waals surface area contributed by atoms with Gasteiger partial charge in [-0.2, -0.15) is 5.10 Å². The van der Waals surface area contributed by atoms with Crippen LogP contribution in [0.5, 0.6) is 0 Å². The van der Waals surface area contributed by atoms with Crippen molar-refractivity contribution in [3.63, 3.8) is 0 Å². The molecule has 2 heterocycles. The molecule has 3 N–H and O–H groups in total. The van der Waals surface area contributed by atoms with Crippen LogP contribution in [0.4, 0.5) is 0 Å². The minimum atomic E-state index is -0.427. The SMILES string of the molecule is O=C(N[C@H]1CCCCNC1=O)c1cn[nH]c1C1CCCCC1. The number of nitrogens with zero attached hydrogens (tertiary/aromatic N) is 1. The lowest BCUT2D eigenvalue weighted by atomic mass is 9.85. The molecule has 1 aliphatic heterocycles. The first-order valence-electron chi connectivity index (χ1n) is 8.37. The predicted molar refractivity (Wildman–Crippen MR) is 82.5 cm³/mol. The summed E-state index contributed by atoms with van der Waals surface area (Å²) < 4.78 is 0. The van der Waals surface area contributed by atoms with E-state index in [1.165, 1.54) is 19.3 Å². The molecule has 2 amide bonds. The van der Waals surface area contributed by atoms with E-state index in [9.17, 15) is 9.59 Å². The van der Waals surface area contributed by atoms with Gasteiger partial charge in [0.1, 0.15) is 6.04 Å². The van der Waals surface area contributed by atoms with Crippen molar-refractivity contribution >= 4 is 11.8 Å². The second-order valence-electron chi connectivity index (χ2n) is 6.35. The van der Waals surface area contributed by atoms with E-state index in [1.807, 2.05) is 0 Å². The number of rotatable bonds is 3. The molecule has 2 aliphatic rings. The zero-order chi connectivity index (χ0) is 15.4. The Labute approximate surface area is 130 Å². The molecule has 0 bridgehead atoms. The Hall–Kier alpha value is -1.85. The fourth-order valence-electron chi connectivity index (χ4n) is 3.49. The predicted octanol–water partition coefficient (Wildman–Crippen LogP) is 1.86. The molecule has 22 heavy (non-hydrogen) atoms. The first-order chi connectivity index (χ1) is 10.8. The maximum absolute atomic E-state index is 12.5. The third-order valence-corrected chi connectivity index (χ3v) is 4.77. The van der Waals surface area contributed by atoms with Crippen LogP contribution in [0.15, 0.2) is 6.20 Å². The Bertz CT molecular complexity index is 534. The Morgan fingerprint density at radius 1 is 1.14 bits per heavy atom. The number of carbonyl (C=O) groups excluding carboxylic acids is 2. The maximum Gasteiger partial charge on any atom is 0.255 e. The molecule has 120 valence electrons. The van der Waals surface area contributed by atoms with E-state index in [0.29, 0.717) is 24.4 Å². The van der Waals surface area contributed by atoms with Crippen molar-refractivity contribution in [2.24, 2.45) is 0 Å². The second-order valence-corrected chi connectivity index (χ2v) is 6.35. The summed E-state index contributed by atoms with van der Waals surface area (Å²) in [5, 5.41) is 12.8. The van der Waals surface area contributed by atoms with E-state index < -0.39 is 6.04 Å². The Morgan fingerprint density at radius 3 is 2.73 bits per heavy atom. The Morgan fingerprint density at radius 2 is 1.91 bits per heavy atom. The summed E-state index contributed by atoms with van der Waals surface area (Å²) in [6.45, 7) is 0.699. The number of nitrogens with one attached hydrogen (secondary N) is 3. The van der Waals surface area contributed by atoms with E-state index >= 15 is 0 Å². The molecule has 0 spiro atoms. The Balaban J connectivity index is 1.69. The topological polar surface area (TPSA) is 86.9 Å². The lowest BCUT2D eigenvalue weighted by Gasteiger charge is -2.22. The van der Waals surface area contributed by atoms with Crippen LogP contribution in [-0.4, -0.2) is 34.6 Å². The van der Waals surface area contributed by atoms with Crippen molar-refractivity contribution in [3.05, 3.63) is 17.5 Å². The smallest absolute Gasteiger partial charge is 0.255 e. The van der Waals surface area contributed by atoms with Crippen LogP contribution in [0.2, 0.25) is 0 Å². The number of H-pyrrole nitrogens is 1. The molecular weight excluding hydrogens is 280 g/mol. The highest BCUT2D eigenvalue weighted by molar-refractivity contribution is 5.98. The summed E-state index contributed by atoms with van der Waals surface area (Å²) in [5.41, 5.74) is 1.54. The average molecular weight is 304 g/mol. The number of aromatic nitrogens is 2. The van der Waals surface area contributed by atoms with E-state index in [2.05, 4.69) is 20.8 Å². The molecule has 0 unspecified atom stereocenters. The summed E-state index contributed by atoms with van der Waals surface area (Å²) in [6.07, 6.45) is 10.1. The van der Waals surface area contributed by atoms with Gasteiger partial charge in [-0.3, -0.25) is 14.7 Å². The van der Waals surface area contributed by atoms with Crippen LogP contribution in [0, 0.1) is 0 Å². The lowest BCUT2D eigenvalue weighted by molar-refractivity contribution is -0.122. The number of carbonyl (C=O) groups is 2. The van der Waals surface area contributed by atoms with Crippen LogP contribution in [0.3, 0.4) is 0 Å². The zero-order valence-electron chi connectivity index (χ0n) is 12.9. The van der Waals surface area contributed by atoms with Gasteiger partial charge < -0.3 is 10.6 Å². The highest BCUT2D eigenvalue weighted by atomic mass is 16.2. The van der Waals surface area contributed by atoms with Gasteiger partial charge in [-0.05, 0) is 32.1 Å². The van der Waals surface area contributed by atoms with E-state index in [0.717, 1.165) is 31.4 Å². The first-order valence-corrected chi connectivity index (χ1v) is 8.37. The van der Waals surface area contributed by atoms with Crippen LogP contribution in [0.1, 0.15) is 73.3 Å². The number of hydrogen-bond acceptors (Lipinski definition) is 3. The molecule has 1 aromatic heterocycles. The van der Waals surface area contributed by atoms with Gasteiger partial charge in [-0.1, -0.05) is 19.3 Å². The summed E-state index contributed by atoms with van der Waals surface area (Å²) in [5.74, 6) is 0.130. The first kappa shape index (κ1) is 15.1. The molecular formula is C16H24N4O2. The number of aromatic amines is 1. The van der Waals surface area contributed by atoms with Gasteiger partial charge in [-0.15, -0.1) is 0 Å². The quantitative estimate of drug-likeness (QED) is 0.796. The monoisotopic (exact) mass is 304 g/mol. The highest BCUT2D eigenvalue weighted by Gasteiger charge is 2.27. The molecule has 6 nitrogen and oxygen atoms in total.